The normalized spacial score (nSPS) is 11.4. The van der Waals surface area contributed by atoms with Crippen molar-refractivity contribution in [1.82, 2.24) is 4.98 Å². The maximum Gasteiger partial charge on any atom is 0.0869 e. The molecule has 0 radical (unpaired) electrons. The first-order chi connectivity index (χ1) is 7.15. The molecule has 0 unspecified atom stereocenters. The second-order valence-electron chi connectivity index (χ2n) is 4.00. The van der Waals surface area contributed by atoms with Gasteiger partial charge in [-0.3, -0.25) is 0 Å². The molecule has 0 aliphatic rings. The Balaban J connectivity index is 2.23. The molecule has 0 saturated carbocycles. The van der Waals surface area contributed by atoms with Gasteiger partial charge in [-0.25, -0.2) is 0 Å². The standard InChI is InChI=1S/C12H16N2O/c1-8(2)15-7-11-5-9-3-4-10(13)6-12(9)14-11/h3-6,8,14H,7,13H2,1-2H3. The first kappa shape index (κ1) is 10.1. The zero-order valence-electron chi connectivity index (χ0n) is 9.08. The van der Waals surface area contributed by atoms with Crippen molar-refractivity contribution < 1.29 is 4.74 Å². The fourth-order valence-electron chi connectivity index (χ4n) is 1.54. The number of rotatable bonds is 3. The summed E-state index contributed by atoms with van der Waals surface area (Å²) >= 11 is 0. The van der Waals surface area contributed by atoms with E-state index in [1.165, 1.54) is 5.39 Å². The minimum atomic E-state index is 0.251. The summed E-state index contributed by atoms with van der Waals surface area (Å²) in [5.41, 5.74) is 8.64. The lowest BCUT2D eigenvalue weighted by Gasteiger charge is -2.04. The maximum absolute atomic E-state index is 5.70. The molecule has 0 saturated heterocycles. The zero-order chi connectivity index (χ0) is 10.8. The van der Waals surface area contributed by atoms with Crippen LogP contribution in [0.3, 0.4) is 0 Å². The van der Waals surface area contributed by atoms with Crippen LogP contribution in [0, 0.1) is 0 Å². The fraction of sp³-hybridized carbons (Fsp3) is 0.333. The molecule has 0 aliphatic heterocycles. The average Bonchev–Trinajstić information content (AvgIpc) is 2.56. The van der Waals surface area contributed by atoms with Gasteiger partial charge < -0.3 is 15.5 Å². The van der Waals surface area contributed by atoms with E-state index in [1.807, 2.05) is 32.0 Å². The first-order valence-electron chi connectivity index (χ1n) is 5.14. The van der Waals surface area contributed by atoms with Gasteiger partial charge in [0.05, 0.1) is 12.7 Å². The second-order valence-corrected chi connectivity index (χ2v) is 4.00. The van der Waals surface area contributed by atoms with Crippen molar-refractivity contribution in [1.29, 1.82) is 0 Å². The Bertz CT molecular complexity index is 460. The number of aromatic amines is 1. The van der Waals surface area contributed by atoms with Crippen LogP contribution in [0.1, 0.15) is 19.5 Å². The van der Waals surface area contributed by atoms with Gasteiger partial charge in [0.2, 0.25) is 0 Å². The van der Waals surface area contributed by atoms with E-state index in [1.54, 1.807) is 0 Å². The van der Waals surface area contributed by atoms with E-state index < -0.39 is 0 Å². The number of hydrogen-bond donors (Lipinski definition) is 2. The molecule has 0 atom stereocenters. The largest absolute Gasteiger partial charge is 0.399 e. The number of aromatic nitrogens is 1. The fourth-order valence-corrected chi connectivity index (χ4v) is 1.54. The number of benzene rings is 1. The Morgan fingerprint density at radius 2 is 2.13 bits per heavy atom. The van der Waals surface area contributed by atoms with Crippen molar-refractivity contribution >= 4 is 16.6 Å². The van der Waals surface area contributed by atoms with Crippen LogP contribution in [0.2, 0.25) is 0 Å². The predicted octanol–water partition coefficient (Wildman–Crippen LogP) is 2.68. The summed E-state index contributed by atoms with van der Waals surface area (Å²) in [6, 6.07) is 7.95. The van der Waals surface area contributed by atoms with Gasteiger partial charge in [0.1, 0.15) is 0 Å². The van der Waals surface area contributed by atoms with Gasteiger partial charge in [0.15, 0.2) is 0 Å². The van der Waals surface area contributed by atoms with Gasteiger partial charge >= 0.3 is 0 Å². The van der Waals surface area contributed by atoms with E-state index in [0.29, 0.717) is 6.61 Å². The molecule has 80 valence electrons. The number of nitrogen functional groups attached to an aromatic ring is 1. The molecule has 3 N–H and O–H groups in total. The molecule has 3 nitrogen and oxygen atoms in total. The summed E-state index contributed by atoms with van der Waals surface area (Å²) in [7, 11) is 0. The molecule has 3 heteroatoms. The van der Waals surface area contributed by atoms with Crippen LogP contribution in [-0.4, -0.2) is 11.1 Å². The molecule has 2 rings (SSSR count). The number of anilines is 1. The summed E-state index contributed by atoms with van der Waals surface area (Å²) in [4.78, 5) is 3.29. The van der Waals surface area contributed by atoms with E-state index in [9.17, 15) is 0 Å². The minimum Gasteiger partial charge on any atom is -0.399 e. The highest BCUT2D eigenvalue weighted by Gasteiger charge is 2.02. The Morgan fingerprint density at radius 3 is 2.87 bits per heavy atom. The molecule has 15 heavy (non-hydrogen) atoms. The quantitative estimate of drug-likeness (QED) is 0.755. The third kappa shape index (κ3) is 2.30. The average molecular weight is 204 g/mol. The predicted molar refractivity (Wildman–Crippen MR) is 62.6 cm³/mol. The smallest absolute Gasteiger partial charge is 0.0869 e. The lowest BCUT2D eigenvalue weighted by molar-refractivity contribution is 0.0639. The number of nitrogens with two attached hydrogens (primary N) is 1. The molecule has 1 aromatic heterocycles. The third-order valence-electron chi connectivity index (χ3n) is 2.27. The Kier molecular flexibility index (Phi) is 2.64. The number of nitrogens with one attached hydrogen (secondary N) is 1. The molecule has 0 bridgehead atoms. The van der Waals surface area contributed by atoms with E-state index in [0.717, 1.165) is 16.9 Å². The molecule has 1 aromatic carbocycles. The summed E-state index contributed by atoms with van der Waals surface area (Å²) in [5.74, 6) is 0. The molecule has 0 amide bonds. The van der Waals surface area contributed by atoms with Crippen LogP contribution in [0.4, 0.5) is 5.69 Å². The summed E-state index contributed by atoms with van der Waals surface area (Å²) < 4.78 is 5.53. The van der Waals surface area contributed by atoms with Crippen molar-refractivity contribution in [2.75, 3.05) is 5.73 Å². The molecular formula is C12H16N2O. The van der Waals surface area contributed by atoms with Crippen molar-refractivity contribution in [3.63, 3.8) is 0 Å². The Morgan fingerprint density at radius 1 is 1.33 bits per heavy atom. The van der Waals surface area contributed by atoms with Gasteiger partial charge in [0, 0.05) is 16.9 Å². The molecule has 0 aliphatic carbocycles. The van der Waals surface area contributed by atoms with Crippen molar-refractivity contribution in [3.8, 4) is 0 Å². The van der Waals surface area contributed by atoms with E-state index in [-0.39, 0.29) is 6.10 Å². The van der Waals surface area contributed by atoms with Gasteiger partial charge in [-0.15, -0.1) is 0 Å². The lowest BCUT2D eigenvalue weighted by Crippen LogP contribution is -2.02. The highest BCUT2D eigenvalue weighted by molar-refractivity contribution is 5.83. The Hall–Kier alpha value is -1.48. The van der Waals surface area contributed by atoms with Crippen LogP contribution in [0.15, 0.2) is 24.3 Å². The van der Waals surface area contributed by atoms with Crippen molar-refractivity contribution in [2.24, 2.45) is 0 Å². The zero-order valence-corrected chi connectivity index (χ0v) is 9.08. The van der Waals surface area contributed by atoms with E-state index >= 15 is 0 Å². The maximum atomic E-state index is 5.70. The summed E-state index contributed by atoms with van der Waals surface area (Å²) in [6.07, 6.45) is 0.251. The topological polar surface area (TPSA) is 51.0 Å². The Labute approximate surface area is 89.2 Å². The van der Waals surface area contributed by atoms with Crippen LogP contribution in [0.25, 0.3) is 10.9 Å². The number of H-pyrrole nitrogens is 1. The van der Waals surface area contributed by atoms with Gasteiger partial charge in [-0.2, -0.15) is 0 Å². The SMILES string of the molecule is CC(C)OCc1cc2ccc(N)cc2[nH]1. The van der Waals surface area contributed by atoms with Crippen LogP contribution in [-0.2, 0) is 11.3 Å². The summed E-state index contributed by atoms with van der Waals surface area (Å²) in [5, 5.41) is 1.17. The molecule has 2 aromatic rings. The molecule has 0 fully saturated rings. The monoisotopic (exact) mass is 204 g/mol. The van der Waals surface area contributed by atoms with E-state index in [4.69, 9.17) is 10.5 Å². The van der Waals surface area contributed by atoms with E-state index in [2.05, 4.69) is 11.1 Å². The second kappa shape index (κ2) is 3.95. The molecule has 0 spiro atoms. The minimum absolute atomic E-state index is 0.251. The number of fused-ring (bicyclic) bond motifs is 1. The summed E-state index contributed by atoms with van der Waals surface area (Å²) in [6.45, 7) is 4.67. The number of ether oxygens (including phenoxy) is 1. The lowest BCUT2D eigenvalue weighted by atomic mass is 10.2. The van der Waals surface area contributed by atoms with Gasteiger partial charge in [0.25, 0.3) is 0 Å². The van der Waals surface area contributed by atoms with Gasteiger partial charge in [-0.1, -0.05) is 6.07 Å². The third-order valence-corrected chi connectivity index (χ3v) is 2.27. The number of hydrogen-bond acceptors (Lipinski definition) is 2. The van der Waals surface area contributed by atoms with Crippen LogP contribution in [0.5, 0.6) is 0 Å². The highest BCUT2D eigenvalue weighted by Crippen LogP contribution is 2.18. The highest BCUT2D eigenvalue weighted by atomic mass is 16.5. The molecular weight excluding hydrogens is 188 g/mol. The van der Waals surface area contributed by atoms with Crippen LogP contribution >= 0.6 is 0 Å². The van der Waals surface area contributed by atoms with Crippen molar-refractivity contribution in [3.05, 3.63) is 30.0 Å². The van der Waals surface area contributed by atoms with Crippen molar-refractivity contribution in [2.45, 2.75) is 26.6 Å². The molecule has 1 heterocycles. The van der Waals surface area contributed by atoms with Gasteiger partial charge in [-0.05, 0) is 37.4 Å². The van der Waals surface area contributed by atoms with Crippen LogP contribution < -0.4 is 5.73 Å². The first-order valence-corrected chi connectivity index (χ1v) is 5.14.